The van der Waals surface area contributed by atoms with Gasteiger partial charge in [0.1, 0.15) is 0 Å². The smallest absolute Gasteiger partial charge is 0.0694 e. The van der Waals surface area contributed by atoms with Gasteiger partial charge in [0.25, 0.3) is 0 Å². The second-order valence-electron chi connectivity index (χ2n) is 4.94. The van der Waals surface area contributed by atoms with Gasteiger partial charge in [-0.1, -0.05) is 23.8 Å². The maximum atomic E-state index is 10.4. The Morgan fingerprint density at radius 3 is 2.35 bits per heavy atom. The molecule has 0 amide bonds. The van der Waals surface area contributed by atoms with E-state index in [0.29, 0.717) is 13.2 Å². The molecule has 0 aromatic heterocycles. The highest BCUT2D eigenvalue weighted by atomic mass is 16.5. The molecule has 0 unspecified atom stereocenters. The highest BCUT2D eigenvalue weighted by Gasteiger charge is 2.34. The van der Waals surface area contributed by atoms with Crippen molar-refractivity contribution in [3.63, 3.8) is 0 Å². The molecule has 0 spiro atoms. The van der Waals surface area contributed by atoms with Crippen molar-refractivity contribution >= 4 is 0 Å². The van der Waals surface area contributed by atoms with E-state index < -0.39 is 6.10 Å². The summed E-state index contributed by atoms with van der Waals surface area (Å²) < 4.78 is 10.4. The van der Waals surface area contributed by atoms with Crippen molar-refractivity contribution in [1.82, 2.24) is 0 Å². The van der Waals surface area contributed by atoms with E-state index in [1.165, 1.54) is 5.57 Å². The Morgan fingerprint density at radius 1 is 1.18 bits per heavy atom. The molecule has 1 aliphatic carbocycles. The lowest BCUT2D eigenvalue weighted by molar-refractivity contribution is -0.0113. The van der Waals surface area contributed by atoms with Crippen molar-refractivity contribution in [2.45, 2.75) is 20.0 Å². The highest BCUT2D eigenvalue weighted by molar-refractivity contribution is 5.14. The lowest BCUT2D eigenvalue weighted by Crippen LogP contribution is -2.39. The number of rotatable bonds is 5. The fourth-order valence-corrected chi connectivity index (χ4v) is 2.39. The molecule has 17 heavy (non-hydrogen) atoms. The predicted octanol–water partition coefficient (Wildman–Crippen LogP) is 2.02. The molecular formula is C14H24O3. The van der Waals surface area contributed by atoms with Crippen molar-refractivity contribution < 1.29 is 14.6 Å². The van der Waals surface area contributed by atoms with Crippen molar-refractivity contribution in [1.29, 1.82) is 0 Å². The Labute approximate surface area is 104 Å². The van der Waals surface area contributed by atoms with Crippen LogP contribution in [0.3, 0.4) is 0 Å². The van der Waals surface area contributed by atoms with Crippen molar-refractivity contribution in [3.05, 3.63) is 23.8 Å². The summed E-state index contributed by atoms with van der Waals surface area (Å²) in [5.74, 6) is 0.426. The zero-order valence-electron chi connectivity index (χ0n) is 11.2. The van der Waals surface area contributed by atoms with Gasteiger partial charge in [0.15, 0.2) is 0 Å². The topological polar surface area (TPSA) is 38.7 Å². The summed E-state index contributed by atoms with van der Waals surface area (Å²) in [7, 11) is 3.36. The third-order valence-electron chi connectivity index (χ3n) is 3.21. The van der Waals surface area contributed by atoms with Crippen LogP contribution in [0.2, 0.25) is 0 Å². The Bertz CT molecular complexity index is 279. The summed E-state index contributed by atoms with van der Waals surface area (Å²) >= 11 is 0. The summed E-state index contributed by atoms with van der Waals surface area (Å²) in [5.41, 5.74) is 1.22. The average Bonchev–Trinajstić information content (AvgIpc) is 2.27. The number of aliphatic hydroxyl groups is 1. The molecule has 0 bridgehead atoms. The minimum atomic E-state index is -0.394. The van der Waals surface area contributed by atoms with E-state index in [-0.39, 0.29) is 17.8 Å². The minimum absolute atomic E-state index is 0.0910. The lowest BCUT2D eigenvalue weighted by Gasteiger charge is -2.35. The molecule has 4 atom stereocenters. The first-order chi connectivity index (χ1) is 8.10. The van der Waals surface area contributed by atoms with Crippen LogP contribution in [0.1, 0.15) is 13.8 Å². The fourth-order valence-electron chi connectivity index (χ4n) is 2.39. The summed E-state index contributed by atoms with van der Waals surface area (Å²) in [6.45, 7) is 5.29. The molecule has 3 nitrogen and oxygen atoms in total. The largest absolute Gasteiger partial charge is 0.392 e. The molecule has 0 fully saturated rings. The SMILES string of the molecule is COC[C@@H]1[C@H](O)[C@H](C=C(C)C)C=C[C@@H]1COC. The Balaban J connectivity index is 2.82. The van der Waals surface area contributed by atoms with Crippen LogP contribution in [0.4, 0.5) is 0 Å². The van der Waals surface area contributed by atoms with Gasteiger partial charge in [-0.25, -0.2) is 0 Å². The average molecular weight is 240 g/mol. The zero-order valence-corrected chi connectivity index (χ0v) is 11.2. The summed E-state index contributed by atoms with van der Waals surface area (Å²) in [6, 6.07) is 0. The molecule has 0 heterocycles. The molecule has 0 saturated carbocycles. The second-order valence-corrected chi connectivity index (χ2v) is 4.94. The van der Waals surface area contributed by atoms with Crippen LogP contribution in [0.25, 0.3) is 0 Å². The Morgan fingerprint density at radius 2 is 1.82 bits per heavy atom. The predicted molar refractivity (Wildman–Crippen MR) is 68.8 cm³/mol. The number of methoxy groups -OCH3 is 2. The van der Waals surface area contributed by atoms with Crippen LogP contribution in [-0.2, 0) is 9.47 Å². The monoisotopic (exact) mass is 240 g/mol. The standard InChI is InChI=1S/C14H24O3/c1-10(2)7-11-5-6-12(8-16-3)13(9-17-4)14(11)15/h5-7,11-15H,8-9H2,1-4H3/t11-,12+,13-,14+/m0/s1. The quantitative estimate of drug-likeness (QED) is 0.747. The van der Waals surface area contributed by atoms with E-state index >= 15 is 0 Å². The van der Waals surface area contributed by atoms with E-state index in [2.05, 4.69) is 18.2 Å². The molecule has 98 valence electrons. The minimum Gasteiger partial charge on any atom is -0.392 e. The lowest BCUT2D eigenvalue weighted by atomic mass is 9.76. The number of hydrogen-bond acceptors (Lipinski definition) is 3. The van der Waals surface area contributed by atoms with Crippen LogP contribution in [0.5, 0.6) is 0 Å². The third-order valence-corrected chi connectivity index (χ3v) is 3.21. The van der Waals surface area contributed by atoms with E-state index in [1.807, 2.05) is 13.8 Å². The molecular weight excluding hydrogens is 216 g/mol. The molecule has 0 aromatic carbocycles. The fraction of sp³-hybridized carbons (Fsp3) is 0.714. The molecule has 0 saturated heterocycles. The first kappa shape index (κ1) is 14.4. The molecule has 3 heteroatoms. The van der Waals surface area contributed by atoms with E-state index in [9.17, 15) is 5.11 Å². The Hall–Kier alpha value is -0.640. The van der Waals surface area contributed by atoms with Crippen LogP contribution < -0.4 is 0 Å². The zero-order chi connectivity index (χ0) is 12.8. The van der Waals surface area contributed by atoms with E-state index in [0.717, 1.165) is 0 Å². The number of ether oxygens (including phenoxy) is 2. The molecule has 0 aliphatic heterocycles. The van der Waals surface area contributed by atoms with Crippen LogP contribution >= 0.6 is 0 Å². The normalized spacial score (nSPS) is 32.5. The van der Waals surface area contributed by atoms with Gasteiger partial charge in [-0.05, 0) is 13.8 Å². The molecule has 1 rings (SSSR count). The van der Waals surface area contributed by atoms with Gasteiger partial charge < -0.3 is 14.6 Å². The van der Waals surface area contributed by atoms with Gasteiger partial charge in [0.05, 0.1) is 19.3 Å². The first-order valence-corrected chi connectivity index (χ1v) is 6.09. The van der Waals surface area contributed by atoms with Crippen LogP contribution in [0, 0.1) is 17.8 Å². The first-order valence-electron chi connectivity index (χ1n) is 6.09. The van der Waals surface area contributed by atoms with Gasteiger partial charge >= 0.3 is 0 Å². The van der Waals surface area contributed by atoms with Crippen molar-refractivity contribution in [2.75, 3.05) is 27.4 Å². The van der Waals surface area contributed by atoms with Gasteiger partial charge in [-0.2, -0.15) is 0 Å². The number of hydrogen-bond donors (Lipinski definition) is 1. The van der Waals surface area contributed by atoms with E-state index in [1.54, 1.807) is 14.2 Å². The molecule has 1 aliphatic rings. The third kappa shape index (κ3) is 3.95. The second kappa shape index (κ2) is 6.94. The maximum absolute atomic E-state index is 10.4. The van der Waals surface area contributed by atoms with E-state index in [4.69, 9.17) is 9.47 Å². The number of allylic oxidation sites excluding steroid dienone is 1. The van der Waals surface area contributed by atoms with Gasteiger partial charge in [-0.15, -0.1) is 0 Å². The highest BCUT2D eigenvalue weighted by Crippen LogP contribution is 2.30. The van der Waals surface area contributed by atoms with Gasteiger partial charge in [-0.3, -0.25) is 0 Å². The summed E-state index contributed by atoms with van der Waals surface area (Å²) in [5, 5.41) is 10.4. The molecule has 0 radical (unpaired) electrons. The van der Waals surface area contributed by atoms with Crippen LogP contribution in [-0.4, -0.2) is 38.6 Å². The van der Waals surface area contributed by atoms with Gasteiger partial charge in [0, 0.05) is 32.0 Å². The molecule has 0 aromatic rings. The maximum Gasteiger partial charge on any atom is 0.0694 e. The summed E-state index contributed by atoms with van der Waals surface area (Å²) in [4.78, 5) is 0. The summed E-state index contributed by atoms with van der Waals surface area (Å²) in [6.07, 6.45) is 5.93. The molecule has 1 N–H and O–H groups in total. The van der Waals surface area contributed by atoms with Gasteiger partial charge in [0.2, 0.25) is 0 Å². The van der Waals surface area contributed by atoms with Crippen molar-refractivity contribution in [3.8, 4) is 0 Å². The van der Waals surface area contributed by atoms with Crippen LogP contribution in [0.15, 0.2) is 23.8 Å². The Kier molecular flexibility index (Phi) is 5.89. The van der Waals surface area contributed by atoms with Crippen molar-refractivity contribution in [2.24, 2.45) is 17.8 Å². The number of aliphatic hydroxyl groups excluding tert-OH is 1.